The van der Waals surface area contributed by atoms with Gasteiger partial charge in [-0.05, 0) is 81.3 Å². The standard InChI is InChI=1S/C45H50N2O10S/c1-29-12-17-33(18-13-29)46-39(31-14-19-34(20-15-31)51-24-38(48)57-43(2,3)4)40(41(49)47-35(23-52-42(47)50)30-10-8-7-9-11-30)58-27-45(55-25-44(5,6)26-56-45)32-16-21-36-37(22-32)54-28-53-36/h7-22,35,39-40,46H,23-28H2,1-6H3. The van der Waals surface area contributed by atoms with E-state index in [2.05, 4.69) is 19.2 Å². The quantitative estimate of drug-likeness (QED) is 0.130. The summed E-state index contributed by atoms with van der Waals surface area (Å²) in [4.78, 5) is 42.6. The molecule has 2 fully saturated rings. The molecule has 0 saturated carbocycles. The maximum absolute atomic E-state index is 15.3. The number of esters is 1. The highest BCUT2D eigenvalue weighted by Crippen LogP contribution is 2.46. The predicted octanol–water partition coefficient (Wildman–Crippen LogP) is 8.35. The molecule has 3 heterocycles. The first-order chi connectivity index (χ1) is 27.7. The van der Waals surface area contributed by atoms with Gasteiger partial charge in [-0.1, -0.05) is 74.0 Å². The first-order valence-corrected chi connectivity index (χ1v) is 20.4. The van der Waals surface area contributed by atoms with Gasteiger partial charge in [-0.25, -0.2) is 14.5 Å². The van der Waals surface area contributed by atoms with Crippen LogP contribution in [-0.4, -0.2) is 72.7 Å². The smallest absolute Gasteiger partial charge is 0.417 e. The number of rotatable bonds is 13. The number of imide groups is 1. The van der Waals surface area contributed by atoms with Crippen LogP contribution in [0.15, 0.2) is 97.1 Å². The minimum absolute atomic E-state index is 0.0220. The topological polar surface area (TPSA) is 131 Å². The summed E-state index contributed by atoms with van der Waals surface area (Å²) in [6.45, 7) is 12.2. The lowest BCUT2D eigenvalue weighted by Gasteiger charge is -2.44. The van der Waals surface area contributed by atoms with Gasteiger partial charge in [0.05, 0.1) is 25.0 Å². The van der Waals surface area contributed by atoms with E-state index in [0.29, 0.717) is 36.0 Å². The number of benzene rings is 4. The first kappa shape index (κ1) is 40.9. The van der Waals surface area contributed by atoms with Crippen molar-refractivity contribution in [3.8, 4) is 17.2 Å². The zero-order chi connectivity index (χ0) is 41.1. The highest BCUT2D eigenvalue weighted by Gasteiger charge is 2.48. The Labute approximate surface area is 343 Å². The van der Waals surface area contributed by atoms with Crippen molar-refractivity contribution >= 4 is 35.4 Å². The Bertz CT molecular complexity index is 2080. The van der Waals surface area contributed by atoms with Crippen LogP contribution < -0.4 is 19.5 Å². The summed E-state index contributed by atoms with van der Waals surface area (Å²) in [5, 5.41) is 2.68. The van der Waals surface area contributed by atoms with Gasteiger partial charge in [0, 0.05) is 16.7 Å². The number of nitrogens with one attached hydrogen (secondary N) is 1. The van der Waals surface area contributed by atoms with Crippen molar-refractivity contribution in [3.05, 3.63) is 119 Å². The number of aryl methyl sites for hydroxylation is 1. The van der Waals surface area contributed by atoms with E-state index in [1.165, 1.54) is 16.7 Å². The van der Waals surface area contributed by atoms with Crippen LogP contribution >= 0.6 is 11.8 Å². The summed E-state index contributed by atoms with van der Waals surface area (Å²) in [6, 6.07) is 28.7. The van der Waals surface area contributed by atoms with Crippen molar-refractivity contribution in [1.82, 2.24) is 4.90 Å². The number of carbonyl (C=O) groups excluding carboxylic acids is 3. The molecule has 7 rings (SSSR count). The average molecular weight is 811 g/mol. The van der Waals surface area contributed by atoms with Crippen LogP contribution in [0, 0.1) is 12.3 Å². The van der Waals surface area contributed by atoms with Crippen LogP contribution in [0.4, 0.5) is 10.5 Å². The molecule has 306 valence electrons. The predicted molar refractivity (Wildman–Crippen MR) is 219 cm³/mol. The Hall–Kier alpha value is -5.24. The summed E-state index contributed by atoms with van der Waals surface area (Å²) >= 11 is 1.32. The van der Waals surface area contributed by atoms with Crippen LogP contribution in [-0.2, 0) is 34.3 Å². The van der Waals surface area contributed by atoms with Gasteiger partial charge >= 0.3 is 12.1 Å². The fourth-order valence-corrected chi connectivity index (χ4v) is 8.26. The van der Waals surface area contributed by atoms with Crippen LogP contribution in [0.2, 0.25) is 0 Å². The van der Waals surface area contributed by atoms with E-state index in [9.17, 15) is 9.59 Å². The number of anilines is 1. The maximum atomic E-state index is 15.3. The Morgan fingerprint density at radius 1 is 0.897 bits per heavy atom. The molecule has 3 unspecified atom stereocenters. The molecule has 0 radical (unpaired) electrons. The number of hydrogen-bond donors (Lipinski definition) is 1. The summed E-state index contributed by atoms with van der Waals surface area (Å²) < 4.78 is 41.5. The number of hydrogen-bond acceptors (Lipinski definition) is 12. The van der Waals surface area contributed by atoms with E-state index in [1.54, 1.807) is 32.9 Å². The monoisotopic (exact) mass is 810 g/mol. The second-order valence-corrected chi connectivity index (χ2v) is 17.6. The zero-order valence-electron chi connectivity index (χ0n) is 33.7. The normalized spacial score (nSPS) is 19.2. The third-order valence-corrected chi connectivity index (χ3v) is 11.3. The van der Waals surface area contributed by atoms with Crippen molar-refractivity contribution in [2.24, 2.45) is 5.41 Å². The van der Waals surface area contributed by atoms with Gasteiger partial charge in [0.15, 0.2) is 18.1 Å². The van der Waals surface area contributed by atoms with E-state index in [1.807, 2.05) is 91.9 Å². The molecule has 3 aliphatic heterocycles. The number of ether oxygens (including phenoxy) is 7. The highest BCUT2D eigenvalue weighted by molar-refractivity contribution is 8.00. The molecule has 12 nitrogen and oxygen atoms in total. The fraction of sp³-hybridized carbons (Fsp3) is 0.400. The molecular weight excluding hydrogens is 761 g/mol. The lowest BCUT2D eigenvalue weighted by Crippen LogP contribution is -2.49. The van der Waals surface area contributed by atoms with E-state index < -0.39 is 46.7 Å². The molecule has 0 aliphatic carbocycles. The zero-order valence-corrected chi connectivity index (χ0v) is 34.5. The van der Waals surface area contributed by atoms with E-state index in [4.69, 9.17) is 33.2 Å². The number of cyclic esters (lactones) is 1. The molecule has 3 aliphatic rings. The second kappa shape index (κ2) is 16.9. The molecule has 58 heavy (non-hydrogen) atoms. The Morgan fingerprint density at radius 2 is 1.59 bits per heavy atom. The molecule has 13 heteroatoms. The summed E-state index contributed by atoms with van der Waals surface area (Å²) in [5.41, 5.74) is 3.14. The van der Waals surface area contributed by atoms with Gasteiger partial charge in [0.1, 0.15) is 29.2 Å². The van der Waals surface area contributed by atoms with Gasteiger partial charge in [0.2, 0.25) is 18.5 Å². The maximum Gasteiger partial charge on any atom is 0.417 e. The van der Waals surface area contributed by atoms with Crippen LogP contribution in [0.3, 0.4) is 0 Å². The van der Waals surface area contributed by atoms with Gasteiger partial charge in [-0.3, -0.25) is 4.79 Å². The molecule has 2 amide bonds. The number of amides is 2. The molecule has 4 aromatic rings. The molecule has 1 N–H and O–H groups in total. The van der Waals surface area contributed by atoms with Crippen molar-refractivity contribution in [1.29, 1.82) is 0 Å². The van der Waals surface area contributed by atoms with E-state index in [0.717, 1.165) is 22.4 Å². The number of fused-ring (bicyclic) bond motifs is 1. The summed E-state index contributed by atoms with van der Waals surface area (Å²) in [7, 11) is 0. The number of nitrogens with zero attached hydrogens (tertiary/aromatic N) is 1. The third-order valence-electron chi connectivity index (χ3n) is 9.89. The minimum atomic E-state index is -1.28. The minimum Gasteiger partial charge on any atom is -0.482 e. The highest BCUT2D eigenvalue weighted by atomic mass is 32.2. The Kier molecular flexibility index (Phi) is 11.9. The molecule has 2 saturated heterocycles. The average Bonchev–Trinajstić information content (AvgIpc) is 3.84. The molecule has 0 spiro atoms. The first-order valence-electron chi connectivity index (χ1n) is 19.3. The Balaban J connectivity index is 1.27. The van der Waals surface area contributed by atoms with Crippen molar-refractivity contribution in [2.45, 2.75) is 70.3 Å². The van der Waals surface area contributed by atoms with Gasteiger partial charge < -0.3 is 38.5 Å². The van der Waals surface area contributed by atoms with Crippen LogP contribution in [0.5, 0.6) is 17.2 Å². The van der Waals surface area contributed by atoms with Crippen molar-refractivity contribution < 1.29 is 47.5 Å². The fourth-order valence-electron chi connectivity index (χ4n) is 6.85. The number of thioether (sulfide) groups is 1. The SMILES string of the molecule is Cc1ccc(NC(c2ccc(OCC(=O)OC(C)(C)C)cc2)C(SCC2(c3ccc4c(c3)OCO4)OCC(C)(C)CO2)C(=O)N2C(=O)OCC2c2ccccc2)cc1. The lowest BCUT2D eigenvalue weighted by atomic mass is 9.93. The van der Waals surface area contributed by atoms with Gasteiger partial charge in [-0.2, -0.15) is 0 Å². The van der Waals surface area contributed by atoms with Crippen LogP contribution in [0.25, 0.3) is 0 Å². The van der Waals surface area contributed by atoms with Gasteiger partial charge in [-0.15, -0.1) is 11.8 Å². The third kappa shape index (κ3) is 9.54. The Morgan fingerprint density at radius 3 is 2.28 bits per heavy atom. The molecule has 0 bridgehead atoms. The summed E-state index contributed by atoms with van der Waals surface area (Å²) in [6.07, 6.45) is -0.721. The summed E-state index contributed by atoms with van der Waals surface area (Å²) in [5.74, 6) is -0.414. The second-order valence-electron chi connectivity index (χ2n) is 16.4. The molecule has 3 atom stereocenters. The largest absolute Gasteiger partial charge is 0.482 e. The van der Waals surface area contributed by atoms with Crippen molar-refractivity contribution in [3.63, 3.8) is 0 Å². The van der Waals surface area contributed by atoms with E-state index >= 15 is 4.79 Å². The van der Waals surface area contributed by atoms with E-state index in [-0.39, 0.29) is 31.2 Å². The molecule has 0 aromatic heterocycles. The van der Waals surface area contributed by atoms with Gasteiger partial charge in [0.25, 0.3) is 0 Å². The molecular formula is C45H50N2O10S. The number of carbonyl (C=O) groups is 3. The molecule has 4 aromatic carbocycles. The van der Waals surface area contributed by atoms with Crippen LogP contribution in [0.1, 0.15) is 69.0 Å². The lowest BCUT2D eigenvalue weighted by molar-refractivity contribution is -0.295. The van der Waals surface area contributed by atoms with Crippen molar-refractivity contribution in [2.75, 3.05) is 44.3 Å².